The number of anilines is 4. The van der Waals surface area contributed by atoms with E-state index in [1.165, 1.54) is 18.5 Å². The Balaban J connectivity index is 1.86. The fourth-order valence-electron chi connectivity index (χ4n) is 3.84. The number of carbonyl (C=O) groups is 3. The fourth-order valence-corrected chi connectivity index (χ4v) is 3.84. The molecule has 0 aliphatic carbocycles. The van der Waals surface area contributed by atoms with Gasteiger partial charge in [-0.15, -0.1) is 0 Å². The fraction of sp³-hybridized carbons (Fsp3) is 0.148. The predicted molar refractivity (Wildman–Crippen MR) is 144 cm³/mol. The monoisotopic (exact) mass is 567 g/mol. The number of pyridine rings is 2. The van der Waals surface area contributed by atoms with Gasteiger partial charge in [0, 0.05) is 12.3 Å². The summed E-state index contributed by atoms with van der Waals surface area (Å²) in [7, 11) is 3.36. The van der Waals surface area contributed by atoms with Gasteiger partial charge in [0.1, 0.15) is 17.1 Å². The first kappa shape index (κ1) is 28.5. The summed E-state index contributed by atoms with van der Waals surface area (Å²) < 4.78 is 50.4. The molecule has 0 unspecified atom stereocenters. The van der Waals surface area contributed by atoms with Crippen LogP contribution in [0.5, 0.6) is 11.5 Å². The Hall–Kier alpha value is -5.53. The van der Waals surface area contributed by atoms with E-state index >= 15 is 8.78 Å². The number of nitrogens with zero attached hydrogens (tertiary/aromatic N) is 2. The summed E-state index contributed by atoms with van der Waals surface area (Å²) in [6.45, 7) is 5.16. The molecule has 14 heteroatoms. The van der Waals surface area contributed by atoms with Gasteiger partial charge in [-0.25, -0.2) is 18.6 Å². The molecule has 4 aromatic rings. The van der Waals surface area contributed by atoms with Gasteiger partial charge in [0.25, 0.3) is 0 Å². The number of aryl methyl sites for hydroxylation is 1. The number of aromatic nitrogens is 2. The van der Waals surface area contributed by atoms with Gasteiger partial charge in [-0.2, -0.15) is 0 Å². The van der Waals surface area contributed by atoms with Crippen molar-refractivity contribution < 1.29 is 41.8 Å². The van der Waals surface area contributed by atoms with Crippen molar-refractivity contribution in [1.29, 1.82) is 0 Å². The van der Waals surface area contributed by atoms with Crippen molar-refractivity contribution in [2.75, 3.05) is 37.3 Å². The van der Waals surface area contributed by atoms with Crippen molar-refractivity contribution in [2.45, 2.75) is 6.92 Å². The third-order valence-corrected chi connectivity index (χ3v) is 5.83. The van der Waals surface area contributed by atoms with Gasteiger partial charge < -0.3 is 29.3 Å². The first-order valence-electron chi connectivity index (χ1n) is 11.7. The number of nitrogens with one attached hydrogen (secondary N) is 3. The van der Waals surface area contributed by atoms with Crippen LogP contribution in [0, 0.1) is 18.6 Å². The highest BCUT2D eigenvalue weighted by atomic mass is 19.1. The van der Waals surface area contributed by atoms with Gasteiger partial charge in [-0.3, -0.25) is 19.9 Å². The molecule has 3 aromatic heterocycles. The molecular weight excluding hydrogens is 544 g/mol. The maximum atomic E-state index is 15.1. The Kier molecular flexibility index (Phi) is 8.12. The summed E-state index contributed by atoms with van der Waals surface area (Å²) >= 11 is 0. The Labute approximate surface area is 231 Å². The van der Waals surface area contributed by atoms with E-state index in [1.807, 2.05) is 0 Å². The minimum atomic E-state index is -1.30. The van der Waals surface area contributed by atoms with Gasteiger partial charge in [-0.05, 0) is 24.6 Å². The Bertz CT molecular complexity index is 1680. The zero-order chi connectivity index (χ0) is 29.8. The van der Waals surface area contributed by atoms with E-state index < -0.39 is 52.2 Å². The van der Waals surface area contributed by atoms with Crippen LogP contribution in [-0.4, -0.2) is 49.1 Å². The maximum Gasteiger partial charge on any atom is 0.411 e. The molecule has 0 radical (unpaired) electrons. The van der Waals surface area contributed by atoms with E-state index in [1.54, 1.807) is 13.1 Å². The quantitative estimate of drug-likeness (QED) is 0.184. The van der Waals surface area contributed by atoms with Gasteiger partial charge in [0.15, 0.2) is 34.5 Å². The molecular formula is C27H23F2N5O7. The van der Waals surface area contributed by atoms with E-state index in [9.17, 15) is 14.4 Å². The number of carbonyl (C=O) groups excluding carboxylic acids is 3. The van der Waals surface area contributed by atoms with Crippen molar-refractivity contribution in [3.63, 3.8) is 0 Å². The number of amides is 2. The van der Waals surface area contributed by atoms with Crippen LogP contribution >= 0.6 is 0 Å². The highest BCUT2D eigenvalue weighted by Crippen LogP contribution is 2.38. The van der Waals surface area contributed by atoms with Crippen LogP contribution in [0.3, 0.4) is 0 Å². The van der Waals surface area contributed by atoms with Crippen molar-refractivity contribution in [2.24, 2.45) is 0 Å². The second-order valence-electron chi connectivity index (χ2n) is 8.30. The smallest absolute Gasteiger partial charge is 0.411 e. The van der Waals surface area contributed by atoms with Crippen LogP contribution in [0.4, 0.5) is 36.5 Å². The first-order valence-corrected chi connectivity index (χ1v) is 11.7. The highest BCUT2D eigenvalue weighted by Gasteiger charge is 2.32. The number of furan rings is 1. The summed E-state index contributed by atoms with van der Waals surface area (Å²) in [4.78, 5) is 45.9. The van der Waals surface area contributed by atoms with Crippen LogP contribution in [0.1, 0.15) is 21.7 Å². The van der Waals surface area contributed by atoms with E-state index in [-0.39, 0.29) is 22.5 Å². The number of ketones is 1. The lowest BCUT2D eigenvalue weighted by Crippen LogP contribution is -2.15. The van der Waals surface area contributed by atoms with Crippen LogP contribution in [0.2, 0.25) is 0 Å². The van der Waals surface area contributed by atoms with Crippen molar-refractivity contribution >= 4 is 51.6 Å². The molecule has 212 valence electrons. The van der Waals surface area contributed by atoms with Crippen LogP contribution < -0.4 is 25.4 Å². The Morgan fingerprint density at radius 1 is 0.976 bits per heavy atom. The highest BCUT2D eigenvalue weighted by molar-refractivity contribution is 6.17. The molecule has 0 aliphatic heterocycles. The molecule has 2 amide bonds. The van der Waals surface area contributed by atoms with Gasteiger partial charge in [0.05, 0.1) is 50.5 Å². The molecule has 0 atom stereocenters. The summed E-state index contributed by atoms with van der Waals surface area (Å²) in [5, 5.41) is 8.18. The van der Waals surface area contributed by atoms with Crippen LogP contribution in [0.15, 0.2) is 47.8 Å². The van der Waals surface area contributed by atoms with Crippen LogP contribution in [0.25, 0.3) is 11.0 Å². The third kappa shape index (κ3) is 5.48. The second kappa shape index (κ2) is 11.7. The zero-order valence-electron chi connectivity index (χ0n) is 22.2. The molecule has 0 spiro atoms. The molecule has 1 aromatic carbocycles. The van der Waals surface area contributed by atoms with E-state index in [0.29, 0.717) is 16.9 Å². The van der Waals surface area contributed by atoms with Gasteiger partial charge >= 0.3 is 6.09 Å². The lowest BCUT2D eigenvalue weighted by Gasteiger charge is -2.14. The summed E-state index contributed by atoms with van der Waals surface area (Å²) in [6.07, 6.45) is 4.30. The molecule has 41 heavy (non-hydrogen) atoms. The van der Waals surface area contributed by atoms with Crippen molar-refractivity contribution in [3.8, 4) is 11.5 Å². The molecule has 12 nitrogen and oxygen atoms in total. The maximum absolute atomic E-state index is 15.1. The molecule has 4 rings (SSSR count). The molecule has 0 saturated carbocycles. The van der Waals surface area contributed by atoms with Gasteiger partial charge in [0.2, 0.25) is 11.7 Å². The number of halogens is 2. The van der Waals surface area contributed by atoms with Crippen molar-refractivity contribution in [3.05, 3.63) is 71.9 Å². The predicted octanol–water partition coefficient (Wildman–Crippen LogP) is 5.10. The molecule has 0 bridgehead atoms. The summed E-state index contributed by atoms with van der Waals surface area (Å²) in [6, 6.07) is 2.36. The molecule has 0 saturated heterocycles. The molecule has 3 N–H and O–H groups in total. The average Bonchev–Trinajstić information content (AvgIpc) is 3.32. The van der Waals surface area contributed by atoms with E-state index in [2.05, 4.69) is 37.2 Å². The SMILES string of the molecule is C=CC(=O)Nc1cncc(C)c1Nc1cc2c(NC(=O)OC)c(C(=O)c3c(F)c(OC)cc(OC)c3F)oc2cn1. The number of ether oxygens (including phenoxy) is 3. The number of methoxy groups -OCH3 is 3. The number of fused-ring (bicyclic) bond motifs is 1. The number of hydrogen-bond acceptors (Lipinski definition) is 10. The van der Waals surface area contributed by atoms with E-state index in [4.69, 9.17) is 13.9 Å². The number of rotatable bonds is 9. The van der Waals surface area contributed by atoms with Crippen molar-refractivity contribution in [1.82, 2.24) is 9.97 Å². The third-order valence-electron chi connectivity index (χ3n) is 5.83. The van der Waals surface area contributed by atoms with Gasteiger partial charge in [-0.1, -0.05) is 6.58 Å². The summed E-state index contributed by atoms with van der Waals surface area (Å²) in [5.74, 6) is -5.67. The topological polar surface area (TPSA) is 154 Å². The standard InChI is InChI=1S/C27H23F2N5O7/c1-6-19(35)32-14-10-30-9-12(2)23(14)33-18-7-13-17(11-31-18)41-26(24(13)34-27(37)40-5)25(36)20-21(28)15(38-3)8-16(39-4)22(20)29/h6-11H,1H2,2-5H3,(H,32,35)(H,34,37)(H,30,31,33). The van der Waals surface area contributed by atoms with Crippen LogP contribution in [-0.2, 0) is 9.53 Å². The molecule has 0 aliphatic rings. The lowest BCUT2D eigenvalue weighted by atomic mass is 10.0. The number of hydrogen-bond donors (Lipinski definition) is 3. The largest absolute Gasteiger partial charge is 0.494 e. The normalized spacial score (nSPS) is 10.6. The molecule has 0 fully saturated rings. The van der Waals surface area contributed by atoms with E-state index in [0.717, 1.165) is 33.5 Å². The zero-order valence-corrected chi connectivity index (χ0v) is 22.2. The second-order valence-corrected chi connectivity index (χ2v) is 8.30. The molecule has 3 heterocycles. The lowest BCUT2D eigenvalue weighted by molar-refractivity contribution is -0.111. The minimum absolute atomic E-state index is 0.00684. The average molecular weight is 568 g/mol. The Morgan fingerprint density at radius 2 is 1.66 bits per heavy atom. The Morgan fingerprint density at radius 3 is 2.27 bits per heavy atom. The summed E-state index contributed by atoms with van der Waals surface area (Å²) in [5.41, 5.74) is 0.127. The minimum Gasteiger partial charge on any atom is -0.494 e. The number of benzene rings is 1. The first-order chi connectivity index (χ1) is 19.6.